The first-order valence-corrected chi connectivity index (χ1v) is 5.85. The molecule has 2 rings (SSSR count). The fourth-order valence-electron chi connectivity index (χ4n) is 1.91. The van der Waals surface area contributed by atoms with Crippen molar-refractivity contribution in [1.82, 2.24) is 10.3 Å². The highest BCUT2D eigenvalue weighted by Crippen LogP contribution is 2.14. The van der Waals surface area contributed by atoms with Crippen LogP contribution in [0.4, 0.5) is 0 Å². The molecule has 0 aliphatic carbocycles. The molecule has 1 unspecified atom stereocenters. The summed E-state index contributed by atoms with van der Waals surface area (Å²) in [7, 11) is 0. The van der Waals surface area contributed by atoms with Crippen molar-refractivity contribution in [1.29, 1.82) is 0 Å². The number of hydrogen-bond acceptors (Lipinski definition) is 4. The van der Waals surface area contributed by atoms with Gasteiger partial charge in [-0.3, -0.25) is 4.79 Å². The highest BCUT2D eigenvalue weighted by molar-refractivity contribution is 5.92. The van der Waals surface area contributed by atoms with Crippen LogP contribution in [0.15, 0.2) is 18.3 Å². The van der Waals surface area contributed by atoms with Gasteiger partial charge in [-0.1, -0.05) is 0 Å². The van der Waals surface area contributed by atoms with E-state index in [1.54, 1.807) is 12.1 Å². The maximum atomic E-state index is 11.0. The summed E-state index contributed by atoms with van der Waals surface area (Å²) in [5.41, 5.74) is 5.62. The Morgan fingerprint density at radius 3 is 2.95 bits per heavy atom. The topological polar surface area (TPSA) is 77.2 Å². The van der Waals surface area contributed by atoms with Crippen LogP contribution in [0, 0.1) is 5.92 Å². The molecule has 1 fully saturated rings. The van der Waals surface area contributed by atoms with Crippen molar-refractivity contribution in [3.05, 3.63) is 23.9 Å². The summed E-state index contributed by atoms with van der Waals surface area (Å²) in [6.07, 6.45) is 3.89. The van der Waals surface area contributed by atoms with Gasteiger partial charge in [0.05, 0.1) is 6.61 Å². The molecule has 1 aromatic rings. The van der Waals surface area contributed by atoms with E-state index in [9.17, 15) is 4.79 Å². The lowest BCUT2D eigenvalue weighted by atomic mass is 10.0. The summed E-state index contributed by atoms with van der Waals surface area (Å²) in [6, 6.07) is 3.16. The molecule has 0 bridgehead atoms. The van der Waals surface area contributed by atoms with Gasteiger partial charge in [0.2, 0.25) is 11.8 Å². The van der Waals surface area contributed by atoms with Crippen LogP contribution in [0.1, 0.15) is 23.2 Å². The summed E-state index contributed by atoms with van der Waals surface area (Å²) in [5.74, 6) is 0.520. The molecule has 0 spiro atoms. The van der Waals surface area contributed by atoms with Gasteiger partial charge < -0.3 is 15.8 Å². The molecule has 1 atom stereocenters. The summed E-state index contributed by atoms with van der Waals surface area (Å²) in [5, 5.41) is 3.33. The summed E-state index contributed by atoms with van der Waals surface area (Å²) >= 11 is 0. The highest BCUT2D eigenvalue weighted by atomic mass is 35.5. The van der Waals surface area contributed by atoms with Crippen LogP contribution in [-0.2, 0) is 0 Å². The van der Waals surface area contributed by atoms with Crippen molar-refractivity contribution >= 4 is 30.7 Å². The van der Waals surface area contributed by atoms with E-state index in [0.717, 1.165) is 13.1 Å². The Morgan fingerprint density at radius 2 is 2.32 bits per heavy atom. The molecular formula is C12H19Cl2N3O2. The second-order valence-corrected chi connectivity index (χ2v) is 4.27. The lowest BCUT2D eigenvalue weighted by Crippen LogP contribution is -2.33. The Hall–Kier alpha value is -1.04. The number of piperidine rings is 1. The first kappa shape index (κ1) is 18.0. The third kappa shape index (κ3) is 5.63. The van der Waals surface area contributed by atoms with Crippen LogP contribution in [0.25, 0.3) is 0 Å². The molecule has 7 heteroatoms. The number of ether oxygens (including phenoxy) is 1. The Balaban J connectivity index is 0.00000162. The number of carbonyl (C=O) groups is 1. The van der Waals surface area contributed by atoms with Gasteiger partial charge in [0, 0.05) is 30.3 Å². The lowest BCUT2D eigenvalue weighted by molar-refractivity contribution is 0.0999. The van der Waals surface area contributed by atoms with E-state index in [4.69, 9.17) is 10.5 Å². The minimum absolute atomic E-state index is 0. The molecule has 2 heterocycles. The van der Waals surface area contributed by atoms with Gasteiger partial charge in [-0.25, -0.2) is 4.98 Å². The number of carbonyl (C=O) groups excluding carboxylic acids is 1. The minimum Gasteiger partial charge on any atom is -0.477 e. The summed E-state index contributed by atoms with van der Waals surface area (Å²) < 4.78 is 5.58. The molecule has 0 saturated carbocycles. The summed E-state index contributed by atoms with van der Waals surface area (Å²) in [4.78, 5) is 15.0. The molecule has 5 nitrogen and oxygen atoms in total. The highest BCUT2D eigenvalue weighted by Gasteiger charge is 2.14. The van der Waals surface area contributed by atoms with Gasteiger partial charge in [-0.05, 0) is 25.5 Å². The molecule has 0 radical (unpaired) electrons. The van der Waals surface area contributed by atoms with E-state index in [1.165, 1.54) is 19.0 Å². The first-order chi connectivity index (χ1) is 8.25. The third-order valence-electron chi connectivity index (χ3n) is 2.89. The van der Waals surface area contributed by atoms with Crippen LogP contribution in [-0.4, -0.2) is 30.6 Å². The predicted molar refractivity (Wildman–Crippen MR) is 78.3 cm³/mol. The van der Waals surface area contributed by atoms with Gasteiger partial charge in [0.25, 0.3) is 0 Å². The van der Waals surface area contributed by atoms with Crippen molar-refractivity contribution < 1.29 is 9.53 Å². The second-order valence-electron chi connectivity index (χ2n) is 4.27. The van der Waals surface area contributed by atoms with Gasteiger partial charge in [-0.15, -0.1) is 24.8 Å². The number of amides is 1. The average molecular weight is 308 g/mol. The monoisotopic (exact) mass is 307 g/mol. The molecule has 1 amide bonds. The van der Waals surface area contributed by atoms with E-state index in [2.05, 4.69) is 10.3 Å². The molecule has 108 valence electrons. The molecule has 1 aliphatic heterocycles. The van der Waals surface area contributed by atoms with Crippen molar-refractivity contribution in [2.45, 2.75) is 12.8 Å². The normalized spacial score (nSPS) is 17.8. The van der Waals surface area contributed by atoms with Gasteiger partial charge in [-0.2, -0.15) is 0 Å². The molecule has 1 aromatic heterocycles. The smallest absolute Gasteiger partial charge is 0.248 e. The lowest BCUT2D eigenvalue weighted by Gasteiger charge is -2.22. The van der Waals surface area contributed by atoms with E-state index in [0.29, 0.717) is 24.0 Å². The maximum Gasteiger partial charge on any atom is 0.248 e. The number of hydrogen-bond donors (Lipinski definition) is 2. The SMILES string of the molecule is Cl.Cl.NC(=O)c1ccnc(OCC2CCCNC2)c1. The van der Waals surface area contributed by atoms with Crippen molar-refractivity contribution in [3.8, 4) is 5.88 Å². The van der Waals surface area contributed by atoms with Crippen LogP contribution in [0.5, 0.6) is 5.88 Å². The molecule has 19 heavy (non-hydrogen) atoms. The Kier molecular flexibility index (Phi) is 8.47. The minimum atomic E-state index is -0.461. The molecule has 3 N–H and O–H groups in total. The van der Waals surface area contributed by atoms with Gasteiger partial charge in [0.1, 0.15) is 0 Å². The number of aromatic nitrogens is 1. The molecular weight excluding hydrogens is 289 g/mol. The fraction of sp³-hybridized carbons (Fsp3) is 0.500. The Bertz CT molecular complexity index is 398. The number of pyridine rings is 1. The second kappa shape index (κ2) is 8.96. The zero-order chi connectivity index (χ0) is 12.1. The molecule has 0 aromatic carbocycles. The molecule has 1 aliphatic rings. The number of rotatable bonds is 4. The average Bonchev–Trinajstić information content (AvgIpc) is 2.38. The zero-order valence-electron chi connectivity index (χ0n) is 10.5. The van der Waals surface area contributed by atoms with E-state index >= 15 is 0 Å². The van der Waals surface area contributed by atoms with Crippen LogP contribution < -0.4 is 15.8 Å². The zero-order valence-corrected chi connectivity index (χ0v) is 12.1. The fourth-order valence-corrected chi connectivity index (χ4v) is 1.91. The van der Waals surface area contributed by atoms with Crippen molar-refractivity contribution in [2.24, 2.45) is 11.7 Å². The molecule has 1 saturated heterocycles. The largest absolute Gasteiger partial charge is 0.477 e. The standard InChI is InChI=1S/C12H17N3O2.2ClH/c13-12(16)10-3-5-15-11(6-10)17-8-9-2-1-4-14-7-9;;/h3,5-6,9,14H,1-2,4,7-8H2,(H2,13,16);2*1H. The maximum absolute atomic E-state index is 11.0. The predicted octanol–water partition coefficient (Wildman–Crippen LogP) is 1.40. The third-order valence-corrected chi connectivity index (χ3v) is 2.89. The van der Waals surface area contributed by atoms with E-state index in [-0.39, 0.29) is 24.8 Å². The number of nitrogens with one attached hydrogen (secondary N) is 1. The quantitative estimate of drug-likeness (QED) is 0.881. The van der Waals surface area contributed by atoms with Crippen molar-refractivity contribution in [3.63, 3.8) is 0 Å². The summed E-state index contributed by atoms with van der Waals surface area (Å²) in [6.45, 7) is 2.70. The van der Waals surface area contributed by atoms with Crippen LogP contribution >= 0.6 is 24.8 Å². The Labute approximate surface area is 125 Å². The number of nitrogens with zero attached hydrogens (tertiary/aromatic N) is 1. The van der Waals surface area contributed by atoms with Crippen LogP contribution in [0.2, 0.25) is 0 Å². The van der Waals surface area contributed by atoms with Gasteiger partial charge >= 0.3 is 0 Å². The number of halogens is 2. The van der Waals surface area contributed by atoms with Crippen LogP contribution in [0.3, 0.4) is 0 Å². The number of primary amides is 1. The van der Waals surface area contributed by atoms with E-state index < -0.39 is 5.91 Å². The Morgan fingerprint density at radius 1 is 1.53 bits per heavy atom. The first-order valence-electron chi connectivity index (χ1n) is 5.85. The van der Waals surface area contributed by atoms with E-state index in [1.807, 2.05) is 0 Å². The van der Waals surface area contributed by atoms with Crippen molar-refractivity contribution in [2.75, 3.05) is 19.7 Å². The number of nitrogens with two attached hydrogens (primary N) is 1. The van der Waals surface area contributed by atoms with Gasteiger partial charge in [0.15, 0.2) is 0 Å².